The number of primary amides is 1. The number of carbonyl (C=O) groups is 1. The zero-order valence-electron chi connectivity index (χ0n) is 11.6. The number of hydrogen-bond acceptors (Lipinski definition) is 3. The molecule has 0 spiro atoms. The number of nitrogens with two attached hydrogens (primary N) is 1. The lowest BCUT2D eigenvalue weighted by Crippen LogP contribution is -2.16. The van der Waals surface area contributed by atoms with Gasteiger partial charge in [0.1, 0.15) is 11.6 Å². The molecule has 3 N–H and O–H groups in total. The Morgan fingerprint density at radius 3 is 2.74 bits per heavy atom. The Balaban J connectivity index is 2.87. The van der Waals surface area contributed by atoms with Gasteiger partial charge in [-0.25, -0.2) is 4.39 Å². The lowest BCUT2D eigenvalue weighted by molar-refractivity contribution is 0.0997. The number of halogens is 1. The number of amides is 1. The van der Waals surface area contributed by atoms with Crippen molar-refractivity contribution in [3.8, 4) is 5.75 Å². The Bertz CT molecular complexity index is 449. The Morgan fingerprint density at radius 2 is 2.21 bits per heavy atom. The number of benzene rings is 1. The van der Waals surface area contributed by atoms with Crippen LogP contribution in [0.1, 0.15) is 37.0 Å². The van der Waals surface area contributed by atoms with Gasteiger partial charge in [-0.3, -0.25) is 4.79 Å². The molecule has 0 saturated carbocycles. The molecular formula is C14H21FN2O2. The van der Waals surface area contributed by atoms with E-state index in [1.165, 1.54) is 6.07 Å². The standard InChI is InChI=1S/C14H21FN2O2/c1-4-5-9(2)8-19-10-6-11(15)13(14(16)18)12(7-10)17-3/h6-7,9,17H,4-5,8H2,1-3H3,(H2,16,18). The summed E-state index contributed by atoms with van der Waals surface area (Å²) in [5.41, 5.74) is 5.34. The van der Waals surface area contributed by atoms with Crippen molar-refractivity contribution in [1.82, 2.24) is 0 Å². The summed E-state index contributed by atoms with van der Waals surface area (Å²) in [7, 11) is 1.60. The Kier molecular flexibility index (Phi) is 5.60. The molecule has 0 heterocycles. The van der Waals surface area contributed by atoms with Gasteiger partial charge in [-0.15, -0.1) is 0 Å². The number of ether oxygens (including phenoxy) is 1. The summed E-state index contributed by atoms with van der Waals surface area (Å²) in [6.07, 6.45) is 2.14. The largest absolute Gasteiger partial charge is 0.493 e. The number of carbonyl (C=O) groups excluding carboxylic acids is 1. The van der Waals surface area contributed by atoms with E-state index in [0.29, 0.717) is 24.0 Å². The van der Waals surface area contributed by atoms with E-state index in [2.05, 4.69) is 19.2 Å². The monoisotopic (exact) mass is 268 g/mol. The minimum Gasteiger partial charge on any atom is -0.493 e. The fraction of sp³-hybridized carbons (Fsp3) is 0.500. The SMILES string of the molecule is CCCC(C)COc1cc(F)c(C(N)=O)c(NC)c1. The molecule has 5 heteroatoms. The minimum atomic E-state index is -0.798. The first-order valence-corrected chi connectivity index (χ1v) is 6.43. The van der Waals surface area contributed by atoms with Gasteiger partial charge in [-0.05, 0) is 12.3 Å². The lowest BCUT2D eigenvalue weighted by Gasteiger charge is -2.14. The molecule has 106 valence electrons. The fourth-order valence-electron chi connectivity index (χ4n) is 1.93. The average Bonchev–Trinajstić information content (AvgIpc) is 2.35. The zero-order valence-corrected chi connectivity index (χ0v) is 11.6. The maximum atomic E-state index is 13.8. The molecule has 0 aliphatic rings. The van der Waals surface area contributed by atoms with Gasteiger partial charge in [0, 0.05) is 19.2 Å². The third-order valence-corrected chi connectivity index (χ3v) is 2.90. The van der Waals surface area contributed by atoms with E-state index < -0.39 is 11.7 Å². The van der Waals surface area contributed by atoms with E-state index in [0.717, 1.165) is 12.8 Å². The second kappa shape index (κ2) is 6.97. The summed E-state index contributed by atoms with van der Waals surface area (Å²) in [6.45, 7) is 4.71. The van der Waals surface area contributed by atoms with Gasteiger partial charge in [0.15, 0.2) is 0 Å². The molecule has 0 aromatic heterocycles. The minimum absolute atomic E-state index is 0.142. The first-order valence-electron chi connectivity index (χ1n) is 6.43. The van der Waals surface area contributed by atoms with Crippen LogP contribution in [0.4, 0.5) is 10.1 Å². The van der Waals surface area contributed by atoms with E-state index in [4.69, 9.17) is 10.5 Å². The predicted octanol–water partition coefficient (Wildman–Crippen LogP) is 2.78. The topological polar surface area (TPSA) is 64.3 Å². The summed E-state index contributed by atoms with van der Waals surface area (Å²) in [5, 5.41) is 2.75. The van der Waals surface area contributed by atoms with Crippen LogP contribution in [0.25, 0.3) is 0 Å². The van der Waals surface area contributed by atoms with Gasteiger partial charge < -0.3 is 15.8 Å². The number of hydrogen-bond donors (Lipinski definition) is 2. The molecule has 0 radical (unpaired) electrons. The van der Waals surface area contributed by atoms with Gasteiger partial charge in [-0.2, -0.15) is 0 Å². The highest BCUT2D eigenvalue weighted by atomic mass is 19.1. The van der Waals surface area contributed by atoms with E-state index in [9.17, 15) is 9.18 Å². The van der Waals surface area contributed by atoms with Gasteiger partial charge in [0.25, 0.3) is 5.91 Å². The van der Waals surface area contributed by atoms with Crippen LogP contribution in [0.3, 0.4) is 0 Å². The number of anilines is 1. The van der Waals surface area contributed by atoms with Crippen molar-refractivity contribution in [2.24, 2.45) is 11.7 Å². The van der Waals surface area contributed by atoms with Crippen LogP contribution in [0.15, 0.2) is 12.1 Å². The average molecular weight is 268 g/mol. The van der Waals surface area contributed by atoms with Crippen molar-refractivity contribution in [2.45, 2.75) is 26.7 Å². The van der Waals surface area contributed by atoms with E-state index in [1.54, 1.807) is 13.1 Å². The molecule has 0 fully saturated rings. The fourth-order valence-corrected chi connectivity index (χ4v) is 1.93. The number of rotatable bonds is 7. The molecule has 0 aliphatic carbocycles. The van der Waals surface area contributed by atoms with Crippen LogP contribution >= 0.6 is 0 Å². The molecule has 1 aromatic rings. The highest BCUT2D eigenvalue weighted by Crippen LogP contribution is 2.26. The second-order valence-electron chi connectivity index (χ2n) is 4.65. The predicted molar refractivity (Wildman–Crippen MR) is 74.0 cm³/mol. The molecule has 1 atom stereocenters. The van der Waals surface area contributed by atoms with Crippen molar-refractivity contribution in [3.63, 3.8) is 0 Å². The maximum Gasteiger partial charge on any atom is 0.253 e. The molecular weight excluding hydrogens is 247 g/mol. The van der Waals surface area contributed by atoms with Gasteiger partial charge in [0.2, 0.25) is 0 Å². The lowest BCUT2D eigenvalue weighted by atomic mass is 10.1. The molecule has 4 nitrogen and oxygen atoms in total. The van der Waals surface area contributed by atoms with Crippen molar-refractivity contribution in [1.29, 1.82) is 0 Å². The van der Waals surface area contributed by atoms with Crippen LogP contribution < -0.4 is 15.8 Å². The van der Waals surface area contributed by atoms with Gasteiger partial charge in [-0.1, -0.05) is 20.3 Å². The third-order valence-electron chi connectivity index (χ3n) is 2.90. The highest BCUT2D eigenvalue weighted by Gasteiger charge is 2.16. The summed E-state index contributed by atoms with van der Waals surface area (Å²) in [6, 6.07) is 2.78. The van der Waals surface area contributed by atoms with Crippen molar-refractivity contribution in [2.75, 3.05) is 19.0 Å². The molecule has 1 rings (SSSR count). The van der Waals surface area contributed by atoms with Crippen LogP contribution in [-0.4, -0.2) is 19.6 Å². The highest BCUT2D eigenvalue weighted by molar-refractivity contribution is 5.99. The molecule has 0 aliphatic heterocycles. The van der Waals surface area contributed by atoms with Crippen molar-refractivity contribution < 1.29 is 13.9 Å². The molecule has 1 unspecified atom stereocenters. The second-order valence-corrected chi connectivity index (χ2v) is 4.65. The van der Waals surface area contributed by atoms with Crippen LogP contribution in [0, 0.1) is 11.7 Å². The molecule has 19 heavy (non-hydrogen) atoms. The quantitative estimate of drug-likeness (QED) is 0.799. The van der Waals surface area contributed by atoms with Crippen molar-refractivity contribution >= 4 is 11.6 Å². The van der Waals surface area contributed by atoms with Crippen LogP contribution in [-0.2, 0) is 0 Å². The Morgan fingerprint density at radius 1 is 1.53 bits per heavy atom. The van der Waals surface area contributed by atoms with E-state index >= 15 is 0 Å². The molecule has 1 aromatic carbocycles. The van der Waals surface area contributed by atoms with Crippen LogP contribution in [0.2, 0.25) is 0 Å². The first-order chi connectivity index (χ1) is 8.99. The first kappa shape index (κ1) is 15.3. The molecule has 0 saturated heterocycles. The van der Waals surface area contributed by atoms with E-state index in [-0.39, 0.29) is 5.56 Å². The summed E-state index contributed by atoms with van der Waals surface area (Å²) in [5.74, 6) is -0.665. The normalized spacial score (nSPS) is 12.0. The Hall–Kier alpha value is -1.78. The maximum absolute atomic E-state index is 13.8. The third kappa shape index (κ3) is 4.12. The summed E-state index contributed by atoms with van der Waals surface area (Å²) >= 11 is 0. The molecule has 1 amide bonds. The smallest absolute Gasteiger partial charge is 0.253 e. The summed E-state index contributed by atoms with van der Waals surface area (Å²) in [4.78, 5) is 11.2. The molecule has 0 bridgehead atoms. The number of nitrogens with one attached hydrogen (secondary N) is 1. The Labute approximate surface area is 113 Å². The summed E-state index contributed by atoms with van der Waals surface area (Å²) < 4.78 is 19.3. The van der Waals surface area contributed by atoms with Crippen molar-refractivity contribution in [3.05, 3.63) is 23.5 Å². The van der Waals surface area contributed by atoms with E-state index in [1.807, 2.05) is 0 Å². The van der Waals surface area contributed by atoms with Gasteiger partial charge in [0.05, 0.1) is 17.9 Å². The van der Waals surface area contributed by atoms with Crippen LogP contribution in [0.5, 0.6) is 5.75 Å². The zero-order chi connectivity index (χ0) is 14.4. The van der Waals surface area contributed by atoms with Gasteiger partial charge >= 0.3 is 0 Å².